The molecule has 1 aromatic rings. The van der Waals surface area contributed by atoms with Crippen LogP contribution >= 0.6 is 0 Å². The smallest absolute Gasteiger partial charge is 0.317 e. The van der Waals surface area contributed by atoms with Crippen molar-refractivity contribution in [3.63, 3.8) is 0 Å². The molecule has 1 aromatic carbocycles. The van der Waals surface area contributed by atoms with Gasteiger partial charge in [0.15, 0.2) is 0 Å². The van der Waals surface area contributed by atoms with Gasteiger partial charge in [0, 0.05) is 25.0 Å². The van der Waals surface area contributed by atoms with Gasteiger partial charge in [-0.3, -0.25) is 0 Å². The zero-order valence-electron chi connectivity index (χ0n) is 12.0. The molecule has 1 aliphatic carbocycles. The number of benzene rings is 1. The quantitative estimate of drug-likeness (QED) is 0.895. The highest BCUT2D eigenvalue weighted by atomic mass is 19.1. The maximum absolute atomic E-state index is 13.3. The van der Waals surface area contributed by atoms with Gasteiger partial charge in [-0.1, -0.05) is 12.1 Å². The van der Waals surface area contributed by atoms with Crippen LogP contribution in [-0.4, -0.2) is 41.8 Å². The summed E-state index contributed by atoms with van der Waals surface area (Å²) in [6, 6.07) is 6.51. The number of nitrogens with one attached hydrogen (secondary N) is 1. The molecule has 3 rings (SSSR count). The van der Waals surface area contributed by atoms with Crippen LogP contribution < -0.4 is 5.32 Å². The van der Waals surface area contributed by atoms with Crippen LogP contribution in [0, 0.1) is 5.82 Å². The molecule has 2 amide bonds. The molecule has 1 saturated heterocycles. The van der Waals surface area contributed by atoms with Crippen LogP contribution in [-0.2, 0) is 5.41 Å². The fraction of sp³-hybridized carbons (Fsp3) is 0.562. The van der Waals surface area contributed by atoms with Crippen LogP contribution in [0.5, 0.6) is 0 Å². The SMILES string of the molecule is O=C(NCC1(c2cccc(F)c2)CC1)N1CCCC(O)C1. The number of hydrogen-bond donors (Lipinski definition) is 2. The monoisotopic (exact) mass is 292 g/mol. The Morgan fingerprint density at radius 2 is 2.29 bits per heavy atom. The van der Waals surface area contributed by atoms with Gasteiger partial charge >= 0.3 is 6.03 Å². The van der Waals surface area contributed by atoms with E-state index in [9.17, 15) is 14.3 Å². The fourth-order valence-corrected chi connectivity index (χ4v) is 3.03. The van der Waals surface area contributed by atoms with Crippen LogP contribution in [0.3, 0.4) is 0 Å². The van der Waals surface area contributed by atoms with Crippen LogP contribution in [0.15, 0.2) is 24.3 Å². The second kappa shape index (κ2) is 5.64. The number of aliphatic hydroxyl groups excluding tert-OH is 1. The molecule has 2 N–H and O–H groups in total. The molecule has 5 heteroatoms. The number of carbonyl (C=O) groups excluding carboxylic acids is 1. The summed E-state index contributed by atoms with van der Waals surface area (Å²) in [5.41, 5.74) is 0.855. The van der Waals surface area contributed by atoms with E-state index in [4.69, 9.17) is 0 Å². The van der Waals surface area contributed by atoms with Crippen LogP contribution in [0.25, 0.3) is 0 Å². The Bertz CT molecular complexity index is 531. The Labute approximate surface area is 124 Å². The molecule has 0 radical (unpaired) electrons. The number of piperidine rings is 1. The summed E-state index contributed by atoms with van der Waals surface area (Å²) in [4.78, 5) is 13.8. The van der Waals surface area contributed by atoms with Crippen molar-refractivity contribution in [2.75, 3.05) is 19.6 Å². The summed E-state index contributed by atoms with van der Waals surface area (Å²) in [5, 5.41) is 12.6. The van der Waals surface area contributed by atoms with Gasteiger partial charge in [-0.05, 0) is 43.4 Å². The maximum atomic E-state index is 13.3. The summed E-state index contributed by atoms with van der Waals surface area (Å²) in [7, 11) is 0. The number of β-amino-alcohol motifs (C(OH)–C–C–N with tert-alkyl or cyclic N) is 1. The molecule has 2 aliphatic rings. The Kier molecular flexibility index (Phi) is 3.85. The van der Waals surface area contributed by atoms with E-state index < -0.39 is 6.10 Å². The first kappa shape index (κ1) is 14.3. The summed E-state index contributed by atoms with van der Waals surface area (Å²) in [5.74, 6) is -0.232. The van der Waals surface area contributed by atoms with Crippen molar-refractivity contribution in [1.29, 1.82) is 0 Å². The average molecular weight is 292 g/mol. The minimum Gasteiger partial charge on any atom is -0.391 e. The van der Waals surface area contributed by atoms with Gasteiger partial charge in [-0.25, -0.2) is 9.18 Å². The molecule has 0 bridgehead atoms. The number of likely N-dealkylation sites (tertiary alicyclic amines) is 1. The zero-order valence-corrected chi connectivity index (χ0v) is 12.0. The predicted octanol–water partition coefficient (Wildman–Crippen LogP) is 2.02. The van der Waals surface area contributed by atoms with Crippen molar-refractivity contribution in [3.8, 4) is 0 Å². The topological polar surface area (TPSA) is 52.6 Å². The Balaban J connectivity index is 1.58. The highest BCUT2D eigenvalue weighted by Crippen LogP contribution is 2.47. The highest BCUT2D eigenvalue weighted by molar-refractivity contribution is 5.74. The molecule has 1 atom stereocenters. The minimum atomic E-state index is -0.414. The number of urea groups is 1. The molecule has 1 aliphatic heterocycles. The lowest BCUT2D eigenvalue weighted by Gasteiger charge is -2.30. The number of halogens is 1. The van der Waals surface area contributed by atoms with Gasteiger partial charge in [0.05, 0.1) is 6.10 Å². The maximum Gasteiger partial charge on any atom is 0.317 e. The van der Waals surface area contributed by atoms with Gasteiger partial charge in [0.1, 0.15) is 5.82 Å². The van der Waals surface area contributed by atoms with Gasteiger partial charge in [-0.2, -0.15) is 0 Å². The fourth-order valence-electron chi connectivity index (χ4n) is 3.03. The van der Waals surface area contributed by atoms with Crippen LogP contribution in [0.1, 0.15) is 31.2 Å². The van der Waals surface area contributed by atoms with E-state index in [1.165, 1.54) is 6.07 Å². The minimum absolute atomic E-state index is 0.105. The Morgan fingerprint density at radius 3 is 2.95 bits per heavy atom. The molecular formula is C16H21FN2O2. The van der Waals surface area contributed by atoms with Crippen LogP contribution in [0.2, 0.25) is 0 Å². The van der Waals surface area contributed by atoms with Crippen molar-refractivity contribution in [2.24, 2.45) is 0 Å². The molecule has 1 unspecified atom stereocenters. The first-order chi connectivity index (χ1) is 10.1. The normalized spacial score (nSPS) is 23.7. The van der Waals surface area contributed by atoms with E-state index >= 15 is 0 Å². The van der Waals surface area contributed by atoms with E-state index in [0.717, 1.165) is 31.2 Å². The molecule has 2 fully saturated rings. The van der Waals surface area contributed by atoms with Gasteiger partial charge in [-0.15, -0.1) is 0 Å². The van der Waals surface area contributed by atoms with Crippen molar-refractivity contribution < 1.29 is 14.3 Å². The number of carbonyl (C=O) groups is 1. The van der Waals surface area contributed by atoms with Crippen molar-refractivity contribution in [1.82, 2.24) is 10.2 Å². The number of aliphatic hydroxyl groups is 1. The van der Waals surface area contributed by atoms with E-state index in [0.29, 0.717) is 19.6 Å². The number of amides is 2. The van der Waals surface area contributed by atoms with Crippen molar-refractivity contribution in [2.45, 2.75) is 37.2 Å². The lowest BCUT2D eigenvalue weighted by molar-refractivity contribution is 0.0841. The van der Waals surface area contributed by atoms with Gasteiger partial charge in [0.25, 0.3) is 0 Å². The third-order valence-corrected chi connectivity index (χ3v) is 4.55. The molecule has 0 spiro atoms. The molecule has 114 valence electrons. The second-order valence-electron chi connectivity index (χ2n) is 6.19. The second-order valence-corrected chi connectivity index (χ2v) is 6.19. The van der Waals surface area contributed by atoms with E-state index in [1.54, 1.807) is 17.0 Å². The average Bonchev–Trinajstić information content (AvgIpc) is 3.26. The van der Waals surface area contributed by atoms with Gasteiger partial charge in [0.2, 0.25) is 0 Å². The summed E-state index contributed by atoms with van der Waals surface area (Å²) in [6.07, 6.45) is 3.13. The Morgan fingerprint density at radius 1 is 1.48 bits per heavy atom. The number of rotatable bonds is 3. The van der Waals surface area contributed by atoms with Crippen molar-refractivity contribution in [3.05, 3.63) is 35.6 Å². The van der Waals surface area contributed by atoms with Gasteiger partial charge < -0.3 is 15.3 Å². The lowest BCUT2D eigenvalue weighted by atomic mass is 9.96. The lowest BCUT2D eigenvalue weighted by Crippen LogP contribution is -2.48. The summed E-state index contributed by atoms with van der Waals surface area (Å²) < 4.78 is 13.3. The first-order valence-corrected chi connectivity index (χ1v) is 7.56. The predicted molar refractivity (Wildman–Crippen MR) is 77.5 cm³/mol. The summed E-state index contributed by atoms with van der Waals surface area (Å²) >= 11 is 0. The zero-order chi connectivity index (χ0) is 14.9. The van der Waals surface area contributed by atoms with E-state index in [-0.39, 0.29) is 17.3 Å². The standard InChI is InChI=1S/C16H21FN2O2/c17-13-4-1-3-12(9-13)16(6-7-16)11-18-15(21)19-8-2-5-14(20)10-19/h1,3-4,9,14,20H,2,5-8,10-11H2,(H,18,21). The molecule has 4 nitrogen and oxygen atoms in total. The van der Waals surface area contributed by atoms with Crippen molar-refractivity contribution >= 4 is 6.03 Å². The first-order valence-electron chi connectivity index (χ1n) is 7.56. The number of nitrogens with zero attached hydrogens (tertiary/aromatic N) is 1. The third kappa shape index (κ3) is 3.18. The number of hydrogen-bond acceptors (Lipinski definition) is 2. The molecular weight excluding hydrogens is 271 g/mol. The molecule has 21 heavy (non-hydrogen) atoms. The molecule has 0 aromatic heterocycles. The van der Waals surface area contributed by atoms with E-state index in [2.05, 4.69) is 5.32 Å². The van der Waals surface area contributed by atoms with E-state index in [1.807, 2.05) is 6.07 Å². The molecule has 1 saturated carbocycles. The van der Waals surface area contributed by atoms with Crippen LogP contribution in [0.4, 0.5) is 9.18 Å². The highest BCUT2D eigenvalue weighted by Gasteiger charge is 2.44. The largest absolute Gasteiger partial charge is 0.391 e. The third-order valence-electron chi connectivity index (χ3n) is 4.55. The summed E-state index contributed by atoms with van der Waals surface area (Å²) in [6.45, 7) is 1.62. The Hall–Kier alpha value is -1.62. The molecule has 1 heterocycles.